The van der Waals surface area contributed by atoms with Crippen LogP contribution in [0, 0.1) is 11.3 Å². The van der Waals surface area contributed by atoms with Gasteiger partial charge in [-0.1, -0.05) is 35.1 Å². The minimum absolute atomic E-state index is 0.545. The molecule has 0 spiro atoms. The van der Waals surface area contributed by atoms with E-state index in [0.717, 1.165) is 15.3 Å². The Balaban J connectivity index is 2.01. The number of hydrogen-bond donors (Lipinski definition) is 1. The minimum atomic E-state index is 0.545. The van der Waals surface area contributed by atoms with E-state index in [1.54, 1.807) is 29.5 Å². The Morgan fingerprint density at radius 1 is 1.21 bits per heavy atom. The molecule has 1 N–H and O–H groups in total. The number of rotatable bonds is 2. The third-order valence-corrected chi connectivity index (χ3v) is 3.82. The topological polar surface area (TPSA) is 48.7 Å². The maximum atomic E-state index is 9.08. The number of halogens is 1. The van der Waals surface area contributed by atoms with Crippen molar-refractivity contribution in [2.75, 3.05) is 5.32 Å². The Morgan fingerprint density at radius 2 is 2.05 bits per heavy atom. The highest BCUT2D eigenvalue weighted by Crippen LogP contribution is 2.30. The number of fused-ring (bicyclic) bond motifs is 1. The smallest absolute Gasteiger partial charge is 0.188 e. The quantitative estimate of drug-likeness (QED) is 0.750. The van der Waals surface area contributed by atoms with Gasteiger partial charge in [-0.3, -0.25) is 0 Å². The number of nitrogens with one attached hydrogen (secondary N) is 1. The van der Waals surface area contributed by atoms with Gasteiger partial charge in [-0.05, 0) is 30.3 Å². The molecular formula is C14H8ClN3S. The summed E-state index contributed by atoms with van der Waals surface area (Å²) >= 11 is 7.49. The molecule has 0 amide bonds. The fourth-order valence-electron chi connectivity index (χ4n) is 1.76. The molecule has 3 nitrogen and oxygen atoms in total. The Hall–Kier alpha value is -2.09. The van der Waals surface area contributed by atoms with Crippen LogP contribution in [0.25, 0.3) is 10.2 Å². The molecule has 0 atom stereocenters. The first-order valence-electron chi connectivity index (χ1n) is 5.58. The second-order valence-corrected chi connectivity index (χ2v) is 5.38. The highest BCUT2D eigenvalue weighted by molar-refractivity contribution is 7.22. The van der Waals surface area contributed by atoms with Crippen molar-refractivity contribution >= 4 is 44.0 Å². The van der Waals surface area contributed by atoms with Crippen LogP contribution in [-0.2, 0) is 0 Å². The van der Waals surface area contributed by atoms with Gasteiger partial charge in [0.25, 0.3) is 0 Å². The van der Waals surface area contributed by atoms with Crippen LogP contribution in [0.15, 0.2) is 42.5 Å². The number of hydrogen-bond acceptors (Lipinski definition) is 4. The van der Waals surface area contributed by atoms with Crippen molar-refractivity contribution in [2.45, 2.75) is 0 Å². The van der Waals surface area contributed by atoms with Gasteiger partial charge in [-0.2, -0.15) is 5.26 Å². The van der Waals surface area contributed by atoms with Crippen LogP contribution in [0.5, 0.6) is 0 Å². The Morgan fingerprint density at radius 3 is 2.84 bits per heavy atom. The molecule has 5 heteroatoms. The highest BCUT2D eigenvalue weighted by Gasteiger charge is 2.07. The number of nitriles is 1. The van der Waals surface area contributed by atoms with E-state index in [0.29, 0.717) is 16.3 Å². The van der Waals surface area contributed by atoms with E-state index in [-0.39, 0.29) is 0 Å². The number of aromatic nitrogens is 1. The molecule has 92 valence electrons. The van der Waals surface area contributed by atoms with Gasteiger partial charge < -0.3 is 5.32 Å². The summed E-state index contributed by atoms with van der Waals surface area (Å²) in [6.07, 6.45) is 0. The SMILES string of the molecule is N#Cc1ccc(Cl)cc1Nc1nc2ccccc2s1. The molecule has 3 aromatic rings. The van der Waals surface area contributed by atoms with Gasteiger partial charge in [0.2, 0.25) is 0 Å². The van der Waals surface area contributed by atoms with E-state index in [4.69, 9.17) is 16.9 Å². The first-order chi connectivity index (χ1) is 9.26. The predicted molar refractivity (Wildman–Crippen MR) is 79.1 cm³/mol. The van der Waals surface area contributed by atoms with Crippen LogP contribution in [-0.4, -0.2) is 4.98 Å². The van der Waals surface area contributed by atoms with Crippen molar-refractivity contribution in [3.05, 3.63) is 53.1 Å². The summed E-state index contributed by atoms with van der Waals surface area (Å²) in [5.74, 6) is 0. The van der Waals surface area contributed by atoms with Crippen LogP contribution in [0.4, 0.5) is 10.8 Å². The van der Waals surface area contributed by atoms with Gasteiger partial charge in [0.15, 0.2) is 5.13 Å². The zero-order valence-corrected chi connectivity index (χ0v) is 11.3. The lowest BCUT2D eigenvalue weighted by Gasteiger charge is -2.04. The Kier molecular flexibility index (Phi) is 3.08. The lowest BCUT2D eigenvalue weighted by Crippen LogP contribution is -1.92. The summed E-state index contributed by atoms with van der Waals surface area (Å²) < 4.78 is 1.10. The fourth-order valence-corrected chi connectivity index (χ4v) is 2.81. The van der Waals surface area contributed by atoms with Gasteiger partial charge in [-0.25, -0.2) is 4.98 Å². The number of benzene rings is 2. The zero-order valence-electron chi connectivity index (χ0n) is 9.72. The summed E-state index contributed by atoms with van der Waals surface area (Å²) in [6, 6.07) is 15.2. The lowest BCUT2D eigenvalue weighted by molar-refractivity contribution is 1.42. The van der Waals surface area contributed by atoms with Gasteiger partial charge in [0.05, 0.1) is 21.5 Å². The second kappa shape index (κ2) is 4.88. The van der Waals surface area contributed by atoms with E-state index >= 15 is 0 Å². The Bertz CT molecular complexity index is 756. The van der Waals surface area contributed by atoms with Gasteiger partial charge in [-0.15, -0.1) is 0 Å². The van der Waals surface area contributed by atoms with Gasteiger partial charge >= 0.3 is 0 Å². The van der Waals surface area contributed by atoms with Crippen molar-refractivity contribution in [3.8, 4) is 6.07 Å². The van der Waals surface area contributed by atoms with Gasteiger partial charge in [0, 0.05) is 5.02 Å². The van der Waals surface area contributed by atoms with E-state index < -0.39 is 0 Å². The number of thiazole rings is 1. The van der Waals surface area contributed by atoms with E-state index in [1.165, 1.54) is 0 Å². The molecular weight excluding hydrogens is 278 g/mol. The van der Waals surface area contributed by atoms with Crippen molar-refractivity contribution in [1.82, 2.24) is 4.98 Å². The highest BCUT2D eigenvalue weighted by atomic mass is 35.5. The summed E-state index contributed by atoms with van der Waals surface area (Å²) in [5, 5.41) is 13.6. The van der Waals surface area contributed by atoms with E-state index in [2.05, 4.69) is 16.4 Å². The van der Waals surface area contributed by atoms with Crippen LogP contribution in [0.1, 0.15) is 5.56 Å². The minimum Gasteiger partial charge on any atom is -0.330 e. The number of anilines is 2. The molecule has 1 aromatic heterocycles. The number of para-hydroxylation sites is 1. The number of nitrogens with zero attached hydrogens (tertiary/aromatic N) is 2. The molecule has 19 heavy (non-hydrogen) atoms. The maximum Gasteiger partial charge on any atom is 0.188 e. The zero-order chi connectivity index (χ0) is 13.2. The van der Waals surface area contributed by atoms with Crippen LogP contribution in [0.2, 0.25) is 5.02 Å². The first kappa shape index (κ1) is 12.0. The molecule has 1 heterocycles. The largest absolute Gasteiger partial charge is 0.330 e. The van der Waals surface area contributed by atoms with E-state index in [1.807, 2.05) is 24.3 Å². The molecule has 0 aliphatic heterocycles. The third kappa shape index (κ3) is 2.39. The van der Waals surface area contributed by atoms with E-state index in [9.17, 15) is 0 Å². The van der Waals surface area contributed by atoms with Crippen molar-refractivity contribution < 1.29 is 0 Å². The maximum absolute atomic E-state index is 9.08. The molecule has 0 saturated heterocycles. The standard InChI is InChI=1S/C14H8ClN3S/c15-10-6-5-9(8-16)12(7-10)18-14-17-11-3-1-2-4-13(11)19-14/h1-7H,(H,17,18). The molecule has 0 fully saturated rings. The molecule has 0 aliphatic rings. The molecule has 3 rings (SSSR count). The van der Waals surface area contributed by atoms with Crippen LogP contribution < -0.4 is 5.32 Å². The summed E-state index contributed by atoms with van der Waals surface area (Å²) in [6.45, 7) is 0. The summed E-state index contributed by atoms with van der Waals surface area (Å²) in [4.78, 5) is 4.47. The second-order valence-electron chi connectivity index (χ2n) is 3.91. The van der Waals surface area contributed by atoms with Gasteiger partial charge in [0.1, 0.15) is 6.07 Å². The van der Waals surface area contributed by atoms with Crippen molar-refractivity contribution in [3.63, 3.8) is 0 Å². The average molecular weight is 286 g/mol. The molecule has 2 aromatic carbocycles. The molecule has 0 saturated carbocycles. The third-order valence-electron chi connectivity index (χ3n) is 2.64. The van der Waals surface area contributed by atoms with Crippen LogP contribution >= 0.6 is 22.9 Å². The molecule has 0 aliphatic carbocycles. The average Bonchev–Trinajstić information content (AvgIpc) is 2.81. The van der Waals surface area contributed by atoms with Crippen molar-refractivity contribution in [2.24, 2.45) is 0 Å². The molecule has 0 unspecified atom stereocenters. The molecule has 0 bridgehead atoms. The monoisotopic (exact) mass is 285 g/mol. The Labute approximate surface area is 119 Å². The molecule has 0 radical (unpaired) electrons. The predicted octanol–water partition coefficient (Wildman–Crippen LogP) is 4.56. The lowest BCUT2D eigenvalue weighted by atomic mass is 10.2. The summed E-state index contributed by atoms with van der Waals surface area (Å²) in [5.41, 5.74) is 2.16. The van der Waals surface area contributed by atoms with Crippen LogP contribution in [0.3, 0.4) is 0 Å². The van der Waals surface area contributed by atoms with Crippen molar-refractivity contribution in [1.29, 1.82) is 5.26 Å². The first-order valence-corrected chi connectivity index (χ1v) is 6.78. The summed E-state index contributed by atoms with van der Waals surface area (Å²) in [7, 11) is 0. The normalized spacial score (nSPS) is 10.3. The fraction of sp³-hybridized carbons (Fsp3) is 0.